The van der Waals surface area contributed by atoms with Gasteiger partial charge >= 0.3 is 0 Å². The smallest absolute Gasteiger partial charge is 0.161 e. The largest absolute Gasteiger partial charge is 0.367 e. The topological polar surface area (TPSA) is 46.5 Å². The molecule has 2 aliphatic rings. The summed E-state index contributed by atoms with van der Waals surface area (Å²) in [7, 11) is 0. The van der Waals surface area contributed by atoms with Gasteiger partial charge in [-0.05, 0) is 17.9 Å². The first-order valence-corrected chi connectivity index (χ1v) is 3.78. The normalized spacial score (nSPS) is 41.9. The molecule has 0 saturated carbocycles. The SMILES string of the molecule is O=CC1=CC[C@@H]2CO[C@@H](O)[C@H]12. The Balaban J connectivity index is 2.21. The van der Waals surface area contributed by atoms with Crippen LogP contribution in [0.1, 0.15) is 6.42 Å². The fourth-order valence-electron chi connectivity index (χ4n) is 1.86. The van der Waals surface area contributed by atoms with Gasteiger partial charge in [0.25, 0.3) is 0 Å². The zero-order chi connectivity index (χ0) is 7.84. The van der Waals surface area contributed by atoms with Crippen LogP contribution in [0.2, 0.25) is 0 Å². The molecule has 0 aromatic carbocycles. The molecule has 3 nitrogen and oxygen atoms in total. The van der Waals surface area contributed by atoms with Gasteiger partial charge in [0, 0.05) is 5.92 Å². The fraction of sp³-hybridized carbons (Fsp3) is 0.625. The molecule has 3 atom stereocenters. The molecular formula is C8H10O3. The van der Waals surface area contributed by atoms with E-state index >= 15 is 0 Å². The summed E-state index contributed by atoms with van der Waals surface area (Å²) in [6.45, 7) is 0.583. The second kappa shape index (κ2) is 2.43. The Bertz CT molecular complexity index is 209. The zero-order valence-corrected chi connectivity index (χ0v) is 6.06. The van der Waals surface area contributed by atoms with E-state index in [0.717, 1.165) is 12.7 Å². The number of fused-ring (bicyclic) bond motifs is 1. The molecule has 0 spiro atoms. The quantitative estimate of drug-likeness (QED) is 0.545. The number of carbonyl (C=O) groups excluding carboxylic acids is 1. The first-order valence-electron chi connectivity index (χ1n) is 3.78. The lowest BCUT2D eigenvalue weighted by molar-refractivity contribution is -0.108. The molecule has 60 valence electrons. The minimum absolute atomic E-state index is 0.0486. The minimum atomic E-state index is -0.751. The highest BCUT2D eigenvalue weighted by molar-refractivity contribution is 5.75. The van der Waals surface area contributed by atoms with E-state index in [4.69, 9.17) is 4.74 Å². The first kappa shape index (κ1) is 7.00. The van der Waals surface area contributed by atoms with Crippen molar-refractivity contribution in [3.05, 3.63) is 11.6 Å². The third-order valence-electron chi connectivity index (χ3n) is 2.47. The summed E-state index contributed by atoms with van der Waals surface area (Å²) >= 11 is 0. The molecule has 0 aromatic rings. The Kier molecular flexibility index (Phi) is 1.55. The van der Waals surface area contributed by atoms with Crippen LogP contribution in [0.3, 0.4) is 0 Å². The second-order valence-electron chi connectivity index (χ2n) is 3.07. The molecular weight excluding hydrogens is 144 g/mol. The van der Waals surface area contributed by atoms with E-state index in [1.165, 1.54) is 0 Å². The standard InChI is InChI=1S/C8H10O3/c9-3-5-1-2-6-4-11-8(10)7(5)6/h1,3,6-8,10H,2,4H2/t6-,7-,8-/m1/s1. The third-order valence-corrected chi connectivity index (χ3v) is 2.47. The van der Waals surface area contributed by atoms with E-state index in [9.17, 15) is 9.90 Å². The average molecular weight is 154 g/mol. The van der Waals surface area contributed by atoms with Crippen LogP contribution in [-0.2, 0) is 9.53 Å². The van der Waals surface area contributed by atoms with Gasteiger partial charge in [-0.15, -0.1) is 0 Å². The molecule has 11 heavy (non-hydrogen) atoms. The molecule has 1 fully saturated rings. The van der Waals surface area contributed by atoms with Crippen LogP contribution >= 0.6 is 0 Å². The Morgan fingerprint density at radius 1 is 1.73 bits per heavy atom. The Labute approximate surface area is 64.7 Å². The van der Waals surface area contributed by atoms with Crippen molar-refractivity contribution in [2.45, 2.75) is 12.7 Å². The fourth-order valence-corrected chi connectivity index (χ4v) is 1.86. The molecule has 1 N–H and O–H groups in total. The highest BCUT2D eigenvalue weighted by Gasteiger charge is 2.41. The van der Waals surface area contributed by atoms with Crippen molar-refractivity contribution >= 4 is 6.29 Å². The van der Waals surface area contributed by atoms with Crippen molar-refractivity contribution in [3.63, 3.8) is 0 Å². The number of aliphatic hydroxyl groups excluding tert-OH is 1. The van der Waals surface area contributed by atoms with E-state index in [2.05, 4.69) is 0 Å². The number of carbonyl (C=O) groups is 1. The minimum Gasteiger partial charge on any atom is -0.367 e. The molecule has 0 aromatic heterocycles. The van der Waals surface area contributed by atoms with Gasteiger partial charge in [0.1, 0.15) is 6.29 Å². The molecule has 1 heterocycles. The summed E-state index contributed by atoms with van der Waals surface area (Å²) in [5.41, 5.74) is 0.708. The van der Waals surface area contributed by atoms with E-state index in [0.29, 0.717) is 18.1 Å². The maximum atomic E-state index is 10.5. The van der Waals surface area contributed by atoms with Crippen LogP contribution in [0, 0.1) is 11.8 Å². The van der Waals surface area contributed by atoms with Gasteiger partial charge in [0.15, 0.2) is 6.29 Å². The maximum absolute atomic E-state index is 10.5. The van der Waals surface area contributed by atoms with E-state index in [1.54, 1.807) is 0 Å². The summed E-state index contributed by atoms with van der Waals surface area (Å²) in [6.07, 6.45) is 2.84. The van der Waals surface area contributed by atoms with Crippen molar-refractivity contribution in [3.8, 4) is 0 Å². The average Bonchev–Trinajstić information content (AvgIpc) is 2.54. The lowest BCUT2D eigenvalue weighted by Gasteiger charge is -2.11. The van der Waals surface area contributed by atoms with Gasteiger partial charge in [-0.3, -0.25) is 4.79 Å². The van der Waals surface area contributed by atoms with Crippen molar-refractivity contribution in [2.75, 3.05) is 6.61 Å². The number of rotatable bonds is 1. The highest BCUT2D eigenvalue weighted by Crippen LogP contribution is 2.38. The number of aldehydes is 1. The van der Waals surface area contributed by atoms with Gasteiger partial charge in [0.05, 0.1) is 6.61 Å². The highest BCUT2D eigenvalue weighted by atomic mass is 16.6. The van der Waals surface area contributed by atoms with E-state index in [-0.39, 0.29) is 5.92 Å². The Hall–Kier alpha value is -0.670. The van der Waals surface area contributed by atoms with Crippen LogP contribution < -0.4 is 0 Å². The van der Waals surface area contributed by atoms with Crippen molar-refractivity contribution in [1.82, 2.24) is 0 Å². The summed E-state index contributed by atoms with van der Waals surface area (Å²) in [5.74, 6) is 0.290. The summed E-state index contributed by atoms with van der Waals surface area (Å²) < 4.78 is 5.01. The molecule has 0 bridgehead atoms. The lowest BCUT2D eigenvalue weighted by Crippen LogP contribution is -2.18. The van der Waals surface area contributed by atoms with Gasteiger partial charge in [-0.2, -0.15) is 0 Å². The van der Waals surface area contributed by atoms with Crippen LogP contribution in [0.25, 0.3) is 0 Å². The Morgan fingerprint density at radius 2 is 2.55 bits per heavy atom. The predicted octanol–water partition coefficient (Wildman–Crippen LogP) is 0.0964. The van der Waals surface area contributed by atoms with Crippen LogP contribution in [0.15, 0.2) is 11.6 Å². The number of hydrogen-bond donors (Lipinski definition) is 1. The molecule has 0 amide bonds. The number of allylic oxidation sites excluding steroid dienone is 1. The maximum Gasteiger partial charge on any atom is 0.161 e. The molecule has 0 unspecified atom stereocenters. The summed E-state index contributed by atoms with van der Waals surface area (Å²) in [5, 5.41) is 9.28. The third kappa shape index (κ3) is 0.921. The number of hydrogen-bond acceptors (Lipinski definition) is 3. The number of ether oxygens (including phenoxy) is 1. The van der Waals surface area contributed by atoms with Gasteiger partial charge in [-0.25, -0.2) is 0 Å². The summed E-state index contributed by atoms with van der Waals surface area (Å²) in [6, 6.07) is 0. The molecule has 2 rings (SSSR count). The van der Waals surface area contributed by atoms with Crippen molar-refractivity contribution in [2.24, 2.45) is 11.8 Å². The second-order valence-corrected chi connectivity index (χ2v) is 3.07. The molecule has 0 radical (unpaired) electrons. The first-order chi connectivity index (χ1) is 5.33. The summed E-state index contributed by atoms with van der Waals surface area (Å²) in [4.78, 5) is 10.5. The molecule has 1 saturated heterocycles. The van der Waals surface area contributed by atoms with Crippen LogP contribution in [0.4, 0.5) is 0 Å². The van der Waals surface area contributed by atoms with E-state index in [1.807, 2.05) is 6.08 Å². The lowest BCUT2D eigenvalue weighted by atomic mass is 9.94. The van der Waals surface area contributed by atoms with E-state index < -0.39 is 6.29 Å². The monoisotopic (exact) mass is 154 g/mol. The van der Waals surface area contributed by atoms with Crippen molar-refractivity contribution < 1.29 is 14.6 Å². The van der Waals surface area contributed by atoms with Crippen LogP contribution in [0.5, 0.6) is 0 Å². The molecule has 3 heteroatoms. The zero-order valence-electron chi connectivity index (χ0n) is 6.06. The Morgan fingerprint density at radius 3 is 3.27 bits per heavy atom. The van der Waals surface area contributed by atoms with Gasteiger partial charge < -0.3 is 9.84 Å². The van der Waals surface area contributed by atoms with Gasteiger partial charge in [0.2, 0.25) is 0 Å². The van der Waals surface area contributed by atoms with Gasteiger partial charge in [-0.1, -0.05) is 6.08 Å². The predicted molar refractivity (Wildman–Crippen MR) is 37.7 cm³/mol. The van der Waals surface area contributed by atoms with Crippen LogP contribution in [-0.4, -0.2) is 24.3 Å². The molecule has 1 aliphatic carbocycles. The number of aliphatic hydroxyl groups is 1. The molecule has 1 aliphatic heterocycles. The van der Waals surface area contributed by atoms with Crippen molar-refractivity contribution in [1.29, 1.82) is 0 Å².